The van der Waals surface area contributed by atoms with Gasteiger partial charge in [-0.1, -0.05) is 23.7 Å². The van der Waals surface area contributed by atoms with Crippen LogP contribution in [0.4, 0.5) is 16.2 Å². The average molecular weight is 445 g/mol. The van der Waals surface area contributed by atoms with Gasteiger partial charge in [-0.3, -0.25) is 4.79 Å². The minimum Gasteiger partial charge on any atom is -0.465 e. The summed E-state index contributed by atoms with van der Waals surface area (Å²) in [6.07, 6.45) is 2.16. The van der Waals surface area contributed by atoms with Gasteiger partial charge < -0.3 is 25.6 Å². The molecule has 3 rings (SSSR count). The van der Waals surface area contributed by atoms with Crippen LogP contribution in [0.3, 0.4) is 0 Å². The molecule has 9 heteroatoms. The van der Waals surface area contributed by atoms with Crippen molar-refractivity contribution < 1.29 is 19.1 Å². The van der Waals surface area contributed by atoms with Gasteiger partial charge in [-0.2, -0.15) is 0 Å². The molecule has 0 aromatic heterocycles. The van der Waals surface area contributed by atoms with E-state index in [4.69, 9.17) is 16.3 Å². The first kappa shape index (κ1) is 22.4. The number of carbonyl (C=O) groups excluding carboxylic acids is 3. The smallest absolute Gasteiger partial charge is 0.337 e. The van der Waals surface area contributed by atoms with E-state index in [2.05, 4.69) is 20.9 Å². The normalized spacial score (nSPS) is 12.9. The zero-order valence-corrected chi connectivity index (χ0v) is 18.0. The highest BCUT2D eigenvalue weighted by Crippen LogP contribution is 2.30. The monoisotopic (exact) mass is 444 g/mol. The Balaban J connectivity index is 1.57. The number of halogens is 1. The number of anilines is 2. The second kappa shape index (κ2) is 10.7. The number of ether oxygens (including phenoxy) is 1. The third-order valence-corrected chi connectivity index (χ3v) is 5.26. The van der Waals surface area contributed by atoms with Crippen LogP contribution in [0.1, 0.15) is 33.6 Å². The summed E-state index contributed by atoms with van der Waals surface area (Å²) in [5, 5.41) is 8.58. The number of rotatable bonds is 7. The van der Waals surface area contributed by atoms with Gasteiger partial charge in [0.25, 0.3) is 5.91 Å². The molecule has 1 heterocycles. The Kier molecular flexibility index (Phi) is 7.72. The maximum absolute atomic E-state index is 12.4. The van der Waals surface area contributed by atoms with E-state index < -0.39 is 12.0 Å². The molecular weight excluding hydrogens is 420 g/mol. The first-order valence-electron chi connectivity index (χ1n) is 10.0. The van der Waals surface area contributed by atoms with Crippen molar-refractivity contribution in [3.8, 4) is 0 Å². The van der Waals surface area contributed by atoms with Gasteiger partial charge in [-0.25, -0.2) is 9.59 Å². The summed E-state index contributed by atoms with van der Waals surface area (Å²) in [4.78, 5) is 38.6. The minimum absolute atomic E-state index is 0.220. The molecule has 31 heavy (non-hydrogen) atoms. The first-order chi connectivity index (χ1) is 15.0. The fourth-order valence-electron chi connectivity index (χ4n) is 3.37. The molecule has 2 aromatic rings. The Morgan fingerprint density at radius 1 is 1.03 bits per heavy atom. The van der Waals surface area contributed by atoms with Crippen molar-refractivity contribution in [1.29, 1.82) is 0 Å². The Morgan fingerprint density at radius 3 is 2.45 bits per heavy atom. The fourth-order valence-corrected chi connectivity index (χ4v) is 3.60. The molecule has 0 saturated carbocycles. The van der Waals surface area contributed by atoms with Crippen molar-refractivity contribution in [2.24, 2.45) is 0 Å². The molecule has 2 aromatic carbocycles. The quantitative estimate of drug-likeness (QED) is 0.449. The van der Waals surface area contributed by atoms with Crippen molar-refractivity contribution in [2.75, 3.05) is 43.5 Å². The zero-order chi connectivity index (χ0) is 22.2. The number of benzene rings is 2. The van der Waals surface area contributed by atoms with Crippen LogP contribution in [0.25, 0.3) is 0 Å². The number of esters is 1. The molecular formula is C22H25ClN4O4. The van der Waals surface area contributed by atoms with E-state index in [0.29, 0.717) is 21.8 Å². The second-order valence-electron chi connectivity index (χ2n) is 7.03. The predicted octanol–water partition coefficient (Wildman–Crippen LogP) is 3.28. The molecule has 8 nitrogen and oxygen atoms in total. The molecule has 0 atom stereocenters. The van der Waals surface area contributed by atoms with E-state index in [-0.39, 0.29) is 19.0 Å². The number of nitrogens with one attached hydrogen (secondary N) is 3. The zero-order valence-electron chi connectivity index (χ0n) is 17.2. The third kappa shape index (κ3) is 5.88. The lowest BCUT2D eigenvalue weighted by Crippen LogP contribution is -2.37. The van der Waals surface area contributed by atoms with Gasteiger partial charge in [0.15, 0.2) is 0 Å². The van der Waals surface area contributed by atoms with Gasteiger partial charge in [-0.05, 0) is 43.2 Å². The molecule has 0 spiro atoms. The minimum atomic E-state index is -0.473. The Hall–Kier alpha value is -3.26. The van der Waals surface area contributed by atoms with Gasteiger partial charge >= 0.3 is 12.0 Å². The predicted molar refractivity (Wildman–Crippen MR) is 120 cm³/mol. The highest BCUT2D eigenvalue weighted by atomic mass is 35.5. The van der Waals surface area contributed by atoms with Crippen LogP contribution in [-0.4, -0.2) is 51.2 Å². The van der Waals surface area contributed by atoms with E-state index >= 15 is 0 Å². The molecule has 0 bridgehead atoms. The van der Waals surface area contributed by atoms with E-state index in [1.807, 2.05) is 6.07 Å². The van der Waals surface area contributed by atoms with E-state index in [1.54, 1.807) is 36.4 Å². The third-order valence-electron chi connectivity index (χ3n) is 4.93. The lowest BCUT2D eigenvalue weighted by molar-refractivity contribution is 0.0600. The molecule has 1 saturated heterocycles. The molecule has 3 N–H and O–H groups in total. The van der Waals surface area contributed by atoms with E-state index in [1.165, 1.54) is 7.11 Å². The number of carbonyl (C=O) groups is 3. The number of methoxy groups -OCH3 is 1. The Bertz CT molecular complexity index is 960. The molecule has 0 unspecified atom stereocenters. The molecule has 1 aliphatic heterocycles. The van der Waals surface area contributed by atoms with Crippen LogP contribution in [0.2, 0.25) is 5.02 Å². The lowest BCUT2D eigenvalue weighted by Gasteiger charge is -2.22. The SMILES string of the molecule is COC(=O)c1ccc(N2CCCC2)c(NC(=O)NCCNC(=O)c2ccccc2Cl)c1. The van der Waals surface area contributed by atoms with Crippen LogP contribution in [0, 0.1) is 0 Å². The maximum atomic E-state index is 12.4. The fraction of sp³-hybridized carbons (Fsp3) is 0.318. The van der Waals surface area contributed by atoms with Gasteiger partial charge in [0, 0.05) is 26.2 Å². The number of amides is 3. The van der Waals surface area contributed by atoms with Crippen molar-refractivity contribution in [1.82, 2.24) is 10.6 Å². The van der Waals surface area contributed by atoms with Crippen LogP contribution in [0.5, 0.6) is 0 Å². The van der Waals surface area contributed by atoms with Gasteiger partial charge in [0.05, 0.1) is 34.6 Å². The summed E-state index contributed by atoms with van der Waals surface area (Å²) in [6, 6.07) is 11.4. The van der Waals surface area contributed by atoms with Gasteiger partial charge in [0.1, 0.15) is 0 Å². The van der Waals surface area contributed by atoms with Crippen molar-refractivity contribution in [3.05, 3.63) is 58.6 Å². The number of hydrogen-bond acceptors (Lipinski definition) is 5. The van der Waals surface area contributed by atoms with E-state index in [9.17, 15) is 14.4 Å². The van der Waals surface area contributed by atoms with Gasteiger partial charge in [0.2, 0.25) is 0 Å². The number of urea groups is 1. The first-order valence-corrected chi connectivity index (χ1v) is 10.4. The summed E-state index contributed by atoms with van der Waals surface area (Å²) in [6.45, 7) is 2.24. The summed E-state index contributed by atoms with van der Waals surface area (Å²) in [7, 11) is 1.31. The summed E-state index contributed by atoms with van der Waals surface area (Å²) in [5.41, 5.74) is 2.12. The molecule has 1 aliphatic rings. The van der Waals surface area contributed by atoms with Crippen molar-refractivity contribution in [3.63, 3.8) is 0 Å². The van der Waals surface area contributed by atoms with E-state index in [0.717, 1.165) is 31.6 Å². The number of hydrogen-bond donors (Lipinski definition) is 3. The Morgan fingerprint density at radius 2 is 1.74 bits per heavy atom. The standard InChI is InChI=1S/C22H25ClN4O4/c1-31-21(29)15-8-9-19(27-12-4-5-13-27)18(14-15)26-22(30)25-11-10-24-20(28)16-6-2-3-7-17(16)23/h2-3,6-9,14H,4-5,10-13H2,1H3,(H,24,28)(H2,25,26,30). The lowest BCUT2D eigenvalue weighted by atomic mass is 10.1. The highest BCUT2D eigenvalue weighted by Gasteiger charge is 2.19. The average Bonchev–Trinajstić information content (AvgIpc) is 3.31. The Labute approximate surface area is 185 Å². The largest absolute Gasteiger partial charge is 0.465 e. The topological polar surface area (TPSA) is 99.8 Å². The molecule has 1 fully saturated rings. The summed E-state index contributed by atoms with van der Waals surface area (Å²) >= 11 is 6.01. The molecule has 164 valence electrons. The van der Waals surface area contributed by atoms with Crippen molar-refractivity contribution >= 4 is 40.9 Å². The van der Waals surface area contributed by atoms with Gasteiger partial charge in [-0.15, -0.1) is 0 Å². The second-order valence-corrected chi connectivity index (χ2v) is 7.44. The summed E-state index contributed by atoms with van der Waals surface area (Å²) < 4.78 is 4.78. The van der Waals surface area contributed by atoms with Crippen molar-refractivity contribution in [2.45, 2.75) is 12.8 Å². The molecule has 0 radical (unpaired) electrons. The summed E-state index contributed by atoms with van der Waals surface area (Å²) in [5.74, 6) is -0.784. The molecule has 0 aliphatic carbocycles. The number of nitrogens with zero attached hydrogens (tertiary/aromatic N) is 1. The highest BCUT2D eigenvalue weighted by molar-refractivity contribution is 6.33. The van der Waals surface area contributed by atoms with Crippen LogP contribution < -0.4 is 20.9 Å². The maximum Gasteiger partial charge on any atom is 0.337 e. The van der Waals surface area contributed by atoms with Crippen LogP contribution in [-0.2, 0) is 4.74 Å². The molecule has 3 amide bonds. The van der Waals surface area contributed by atoms with Crippen LogP contribution in [0.15, 0.2) is 42.5 Å². The van der Waals surface area contributed by atoms with Crippen LogP contribution >= 0.6 is 11.6 Å².